The number of nitrogen functional groups attached to an aromatic ring is 1. The minimum atomic E-state index is -0.884. The fourth-order valence-electron chi connectivity index (χ4n) is 2.25. The molecule has 116 valence electrons. The van der Waals surface area contributed by atoms with E-state index in [1.807, 2.05) is 6.92 Å². The number of nitrogens with one attached hydrogen (secondary N) is 1. The van der Waals surface area contributed by atoms with Gasteiger partial charge in [0, 0.05) is 38.2 Å². The van der Waals surface area contributed by atoms with Crippen LogP contribution in [0.2, 0.25) is 0 Å². The molecule has 6 heteroatoms. The van der Waals surface area contributed by atoms with Crippen molar-refractivity contribution in [1.29, 1.82) is 0 Å². The quantitative estimate of drug-likeness (QED) is 0.703. The highest BCUT2D eigenvalue weighted by atomic mass is 16.5. The first-order valence-corrected chi connectivity index (χ1v) is 7.15. The number of aliphatic hydroxyl groups is 1. The predicted octanol–water partition coefficient (Wildman–Crippen LogP) is 0.939. The standard InChI is InChI=1S/C15H22N2O4/c1-2-21-13-4-3-11(9-12(13)16)14(18)17-10-15(19)5-7-20-8-6-15/h3-4,9,19H,2,5-8,10,16H2,1H3,(H,17,18). The molecule has 0 aliphatic carbocycles. The first-order valence-electron chi connectivity index (χ1n) is 7.15. The van der Waals surface area contributed by atoms with Gasteiger partial charge in [0.1, 0.15) is 5.75 Å². The van der Waals surface area contributed by atoms with Crippen molar-refractivity contribution >= 4 is 11.6 Å². The molecular weight excluding hydrogens is 272 g/mol. The van der Waals surface area contributed by atoms with Gasteiger partial charge in [-0.3, -0.25) is 4.79 Å². The molecule has 1 aromatic carbocycles. The predicted molar refractivity (Wildman–Crippen MR) is 79.4 cm³/mol. The van der Waals surface area contributed by atoms with Crippen LogP contribution in [0.1, 0.15) is 30.1 Å². The summed E-state index contributed by atoms with van der Waals surface area (Å²) in [5.74, 6) is 0.307. The van der Waals surface area contributed by atoms with E-state index in [4.69, 9.17) is 15.2 Å². The van der Waals surface area contributed by atoms with E-state index >= 15 is 0 Å². The van der Waals surface area contributed by atoms with Crippen LogP contribution >= 0.6 is 0 Å². The van der Waals surface area contributed by atoms with Gasteiger partial charge in [-0.1, -0.05) is 0 Å². The third-order valence-electron chi connectivity index (χ3n) is 3.57. The largest absolute Gasteiger partial charge is 0.492 e. The summed E-state index contributed by atoms with van der Waals surface area (Å²) >= 11 is 0. The van der Waals surface area contributed by atoms with Gasteiger partial charge >= 0.3 is 0 Å². The van der Waals surface area contributed by atoms with Crippen LogP contribution in [0.15, 0.2) is 18.2 Å². The van der Waals surface area contributed by atoms with E-state index in [1.54, 1.807) is 18.2 Å². The molecule has 0 spiro atoms. The SMILES string of the molecule is CCOc1ccc(C(=O)NCC2(O)CCOCC2)cc1N. The monoisotopic (exact) mass is 294 g/mol. The molecule has 6 nitrogen and oxygen atoms in total. The third-order valence-corrected chi connectivity index (χ3v) is 3.57. The van der Waals surface area contributed by atoms with Crippen molar-refractivity contribution in [3.8, 4) is 5.75 Å². The Labute approximate surface area is 124 Å². The molecule has 0 bridgehead atoms. The maximum Gasteiger partial charge on any atom is 0.251 e. The smallest absolute Gasteiger partial charge is 0.251 e. The number of anilines is 1. The van der Waals surface area contributed by atoms with Crippen LogP contribution in [0.5, 0.6) is 5.75 Å². The van der Waals surface area contributed by atoms with Crippen LogP contribution in [0.3, 0.4) is 0 Å². The second kappa shape index (κ2) is 6.78. The summed E-state index contributed by atoms with van der Waals surface area (Å²) in [5, 5.41) is 13.0. The molecule has 21 heavy (non-hydrogen) atoms. The lowest BCUT2D eigenvalue weighted by atomic mass is 9.94. The lowest BCUT2D eigenvalue weighted by Gasteiger charge is -2.32. The van der Waals surface area contributed by atoms with E-state index in [2.05, 4.69) is 5.32 Å². The fraction of sp³-hybridized carbons (Fsp3) is 0.533. The van der Waals surface area contributed by atoms with E-state index < -0.39 is 5.60 Å². The van der Waals surface area contributed by atoms with E-state index in [0.29, 0.717) is 49.7 Å². The van der Waals surface area contributed by atoms with Crippen LogP contribution in [0.4, 0.5) is 5.69 Å². The fourth-order valence-corrected chi connectivity index (χ4v) is 2.25. The number of amides is 1. The number of benzene rings is 1. The number of carbonyl (C=O) groups excluding carboxylic acids is 1. The van der Waals surface area contributed by atoms with Gasteiger partial charge in [0.05, 0.1) is 17.9 Å². The molecule has 1 amide bonds. The molecule has 4 N–H and O–H groups in total. The highest BCUT2D eigenvalue weighted by Crippen LogP contribution is 2.23. The lowest BCUT2D eigenvalue weighted by molar-refractivity contribution is -0.0605. The zero-order valence-corrected chi connectivity index (χ0v) is 12.2. The van der Waals surface area contributed by atoms with E-state index in [9.17, 15) is 9.90 Å². The van der Waals surface area contributed by atoms with Gasteiger partial charge in [0.15, 0.2) is 0 Å². The number of rotatable bonds is 5. The number of hydrogen-bond donors (Lipinski definition) is 3. The van der Waals surface area contributed by atoms with Gasteiger partial charge in [-0.25, -0.2) is 0 Å². The molecule has 1 heterocycles. The summed E-state index contributed by atoms with van der Waals surface area (Å²) in [7, 11) is 0. The Bertz CT molecular complexity index is 498. The van der Waals surface area contributed by atoms with Crippen molar-refractivity contribution in [1.82, 2.24) is 5.32 Å². The number of nitrogens with two attached hydrogens (primary N) is 1. The van der Waals surface area contributed by atoms with Crippen LogP contribution in [0, 0.1) is 0 Å². The maximum absolute atomic E-state index is 12.1. The molecule has 0 atom stereocenters. The Morgan fingerprint density at radius 1 is 1.48 bits per heavy atom. The van der Waals surface area contributed by atoms with Gasteiger partial charge in [0.2, 0.25) is 0 Å². The van der Waals surface area contributed by atoms with Gasteiger partial charge in [-0.05, 0) is 25.1 Å². The Kier molecular flexibility index (Phi) is 5.03. The molecule has 0 radical (unpaired) electrons. The summed E-state index contributed by atoms with van der Waals surface area (Å²) in [6.45, 7) is 3.63. The topological polar surface area (TPSA) is 93.8 Å². The Morgan fingerprint density at radius 3 is 2.81 bits per heavy atom. The molecule has 0 unspecified atom stereocenters. The summed E-state index contributed by atoms with van der Waals surface area (Å²) in [4.78, 5) is 12.1. The molecule has 0 aromatic heterocycles. The molecular formula is C15H22N2O4. The molecule has 0 saturated carbocycles. The summed E-state index contributed by atoms with van der Waals surface area (Å²) < 4.78 is 10.5. The highest BCUT2D eigenvalue weighted by Gasteiger charge is 2.30. The van der Waals surface area contributed by atoms with Crippen molar-refractivity contribution < 1.29 is 19.4 Å². The average Bonchev–Trinajstić information content (AvgIpc) is 2.48. The molecule has 1 aliphatic heterocycles. The second-order valence-corrected chi connectivity index (χ2v) is 5.21. The summed E-state index contributed by atoms with van der Waals surface area (Å²) in [6.07, 6.45) is 1.05. The van der Waals surface area contributed by atoms with Crippen molar-refractivity contribution in [2.24, 2.45) is 0 Å². The first-order chi connectivity index (χ1) is 10.0. The highest BCUT2D eigenvalue weighted by molar-refractivity contribution is 5.95. The van der Waals surface area contributed by atoms with Crippen LogP contribution in [-0.2, 0) is 4.74 Å². The number of hydrogen-bond acceptors (Lipinski definition) is 5. The van der Waals surface area contributed by atoms with Gasteiger partial charge in [-0.2, -0.15) is 0 Å². The third kappa shape index (κ3) is 4.09. The molecule has 1 aromatic rings. The van der Waals surface area contributed by atoms with Crippen molar-refractivity contribution in [2.45, 2.75) is 25.4 Å². The average molecular weight is 294 g/mol. The number of carbonyl (C=O) groups is 1. The normalized spacial score (nSPS) is 17.2. The molecule has 2 rings (SSSR count). The lowest BCUT2D eigenvalue weighted by Crippen LogP contribution is -2.46. The van der Waals surface area contributed by atoms with Gasteiger partial charge in [0.25, 0.3) is 5.91 Å². The maximum atomic E-state index is 12.1. The summed E-state index contributed by atoms with van der Waals surface area (Å²) in [5.41, 5.74) is 5.83. The minimum absolute atomic E-state index is 0.211. The molecule has 1 saturated heterocycles. The van der Waals surface area contributed by atoms with Crippen LogP contribution in [-0.4, -0.2) is 43.0 Å². The minimum Gasteiger partial charge on any atom is -0.492 e. The Morgan fingerprint density at radius 2 is 2.19 bits per heavy atom. The van der Waals surface area contributed by atoms with E-state index in [-0.39, 0.29) is 12.5 Å². The van der Waals surface area contributed by atoms with E-state index in [1.165, 1.54) is 0 Å². The van der Waals surface area contributed by atoms with Crippen molar-refractivity contribution in [3.63, 3.8) is 0 Å². The zero-order valence-electron chi connectivity index (χ0n) is 12.2. The molecule has 1 aliphatic rings. The number of ether oxygens (including phenoxy) is 2. The Hall–Kier alpha value is -1.79. The van der Waals surface area contributed by atoms with Gasteiger partial charge in [-0.15, -0.1) is 0 Å². The van der Waals surface area contributed by atoms with E-state index in [0.717, 1.165) is 0 Å². The van der Waals surface area contributed by atoms with Crippen LogP contribution in [0.25, 0.3) is 0 Å². The molecule has 1 fully saturated rings. The van der Waals surface area contributed by atoms with Crippen molar-refractivity contribution in [2.75, 3.05) is 32.1 Å². The second-order valence-electron chi connectivity index (χ2n) is 5.21. The van der Waals surface area contributed by atoms with Crippen LogP contribution < -0.4 is 15.8 Å². The first kappa shape index (κ1) is 15.6. The Balaban J connectivity index is 1.95. The van der Waals surface area contributed by atoms with Crippen molar-refractivity contribution in [3.05, 3.63) is 23.8 Å². The summed E-state index contributed by atoms with van der Waals surface area (Å²) in [6, 6.07) is 4.91. The zero-order chi connectivity index (χ0) is 15.3. The van der Waals surface area contributed by atoms with Gasteiger partial charge < -0.3 is 25.6 Å².